The van der Waals surface area contributed by atoms with Crippen LogP contribution in [0.4, 0.5) is 11.8 Å². The second-order valence-electron chi connectivity index (χ2n) is 4.01. The summed E-state index contributed by atoms with van der Waals surface area (Å²) >= 11 is 2.26. The number of methoxy groups -OCH3 is 1. The molecule has 1 fully saturated rings. The molecule has 0 bridgehead atoms. The first kappa shape index (κ1) is 12.8. The number of nitrogens with zero attached hydrogens (tertiary/aromatic N) is 3. The number of aromatic nitrogens is 2. The molecule has 0 radical (unpaired) electrons. The lowest BCUT2D eigenvalue weighted by Crippen LogP contribution is -2.22. The van der Waals surface area contributed by atoms with Crippen molar-refractivity contribution in [2.24, 2.45) is 0 Å². The lowest BCUT2D eigenvalue weighted by Gasteiger charge is -2.18. The van der Waals surface area contributed by atoms with E-state index < -0.39 is 0 Å². The third-order valence-electron chi connectivity index (χ3n) is 2.81. The number of hydrogen-bond donors (Lipinski definition) is 1. The molecule has 0 aliphatic carbocycles. The average molecular weight is 348 g/mol. The Kier molecular flexibility index (Phi) is 4.38. The second kappa shape index (κ2) is 5.81. The zero-order valence-corrected chi connectivity index (χ0v) is 12.3. The molecule has 0 aromatic carbocycles. The molecular formula is C11H17IN4O. The maximum atomic E-state index is 5.18. The van der Waals surface area contributed by atoms with E-state index in [0.29, 0.717) is 6.61 Å². The van der Waals surface area contributed by atoms with Crippen molar-refractivity contribution in [2.75, 3.05) is 37.5 Å². The first-order valence-corrected chi connectivity index (χ1v) is 6.82. The predicted molar refractivity (Wildman–Crippen MR) is 76.5 cm³/mol. The summed E-state index contributed by atoms with van der Waals surface area (Å²) in [4.78, 5) is 11.4. The Morgan fingerprint density at radius 3 is 2.65 bits per heavy atom. The van der Waals surface area contributed by atoms with Crippen LogP contribution in [0.3, 0.4) is 0 Å². The summed E-state index contributed by atoms with van der Waals surface area (Å²) in [6.07, 6.45) is 2.45. The van der Waals surface area contributed by atoms with Crippen LogP contribution in [0.5, 0.6) is 0 Å². The van der Waals surface area contributed by atoms with Gasteiger partial charge in [0.15, 0.2) is 0 Å². The van der Waals surface area contributed by atoms with Crippen molar-refractivity contribution in [1.82, 2.24) is 9.97 Å². The molecule has 94 valence electrons. The van der Waals surface area contributed by atoms with Gasteiger partial charge in [0.1, 0.15) is 5.82 Å². The van der Waals surface area contributed by atoms with Gasteiger partial charge in [-0.25, -0.2) is 4.98 Å². The van der Waals surface area contributed by atoms with Crippen LogP contribution in [0.1, 0.15) is 18.5 Å². The molecule has 17 heavy (non-hydrogen) atoms. The van der Waals surface area contributed by atoms with Crippen LogP contribution < -0.4 is 10.2 Å². The van der Waals surface area contributed by atoms with Gasteiger partial charge in [-0.3, -0.25) is 0 Å². The Bertz CT molecular complexity index is 393. The lowest BCUT2D eigenvalue weighted by atomic mass is 10.4. The highest BCUT2D eigenvalue weighted by atomic mass is 127. The molecule has 0 atom stereocenters. The van der Waals surface area contributed by atoms with Gasteiger partial charge in [-0.15, -0.1) is 0 Å². The van der Waals surface area contributed by atoms with Crippen LogP contribution in [0, 0.1) is 3.57 Å². The first-order valence-electron chi connectivity index (χ1n) is 5.74. The normalized spacial score (nSPS) is 15.4. The highest BCUT2D eigenvalue weighted by Crippen LogP contribution is 2.24. The second-order valence-corrected chi connectivity index (χ2v) is 5.09. The van der Waals surface area contributed by atoms with E-state index in [1.54, 1.807) is 7.11 Å². The molecule has 2 heterocycles. The quantitative estimate of drug-likeness (QED) is 0.842. The Morgan fingerprint density at radius 1 is 1.35 bits per heavy atom. The number of halogens is 1. The zero-order valence-electron chi connectivity index (χ0n) is 10.2. The molecule has 5 nitrogen and oxygen atoms in total. The Hall–Kier alpha value is -0.630. The molecule has 1 saturated heterocycles. The van der Waals surface area contributed by atoms with Gasteiger partial charge in [-0.1, -0.05) is 0 Å². The first-order chi connectivity index (χ1) is 8.26. The third-order valence-corrected chi connectivity index (χ3v) is 3.95. The molecule has 1 aromatic rings. The van der Waals surface area contributed by atoms with Gasteiger partial charge in [0.25, 0.3) is 0 Å². The average Bonchev–Trinajstić information content (AvgIpc) is 2.85. The van der Waals surface area contributed by atoms with Crippen LogP contribution >= 0.6 is 22.6 Å². The fourth-order valence-corrected chi connectivity index (χ4v) is 2.60. The SMILES string of the molecule is CNc1nc(N2CCCC2)nc(COC)c1I. The standard InChI is InChI=1S/C11H17IN4O/c1-13-10-9(12)8(7-17-2)14-11(15-10)16-5-3-4-6-16/h3-7H2,1-2H3,(H,13,14,15). The Balaban J connectivity index is 2.35. The van der Waals surface area contributed by atoms with E-state index in [9.17, 15) is 0 Å². The Morgan fingerprint density at radius 2 is 2.06 bits per heavy atom. The van der Waals surface area contributed by atoms with Gasteiger partial charge >= 0.3 is 0 Å². The third kappa shape index (κ3) is 2.79. The molecule has 0 saturated carbocycles. The van der Waals surface area contributed by atoms with Gasteiger partial charge in [-0.2, -0.15) is 4.98 Å². The van der Waals surface area contributed by atoms with E-state index in [1.165, 1.54) is 12.8 Å². The highest BCUT2D eigenvalue weighted by molar-refractivity contribution is 14.1. The van der Waals surface area contributed by atoms with Crippen LogP contribution in [-0.2, 0) is 11.3 Å². The van der Waals surface area contributed by atoms with E-state index in [0.717, 1.165) is 34.1 Å². The predicted octanol–water partition coefficient (Wildman–Crippen LogP) is 1.87. The number of hydrogen-bond acceptors (Lipinski definition) is 5. The van der Waals surface area contributed by atoms with Crippen molar-refractivity contribution in [2.45, 2.75) is 19.4 Å². The van der Waals surface area contributed by atoms with Crippen LogP contribution in [0.2, 0.25) is 0 Å². The summed E-state index contributed by atoms with van der Waals surface area (Å²) in [7, 11) is 3.57. The Labute approximate surface area is 115 Å². The zero-order chi connectivity index (χ0) is 12.3. The van der Waals surface area contributed by atoms with Crippen LogP contribution in [0.25, 0.3) is 0 Å². The number of anilines is 2. The molecular weight excluding hydrogens is 331 g/mol. The molecule has 0 spiro atoms. The highest BCUT2D eigenvalue weighted by Gasteiger charge is 2.18. The minimum atomic E-state index is 0.524. The summed E-state index contributed by atoms with van der Waals surface area (Å²) in [6.45, 7) is 2.63. The van der Waals surface area contributed by atoms with Crippen LogP contribution in [-0.4, -0.2) is 37.2 Å². The molecule has 1 N–H and O–H groups in total. The van der Waals surface area contributed by atoms with E-state index >= 15 is 0 Å². The van der Waals surface area contributed by atoms with Crippen molar-refractivity contribution in [3.63, 3.8) is 0 Å². The molecule has 1 aliphatic rings. The van der Waals surface area contributed by atoms with Crippen molar-refractivity contribution < 1.29 is 4.74 Å². The van der Waals surface area contributed by atoms with E-state index in [-0.39, 0.29) is 0 Å². The van der Waals surface area contributed by atoms with Gasteiger partial charge in [0.2, 0.25) is 5.95 Å². The molecule has 0 unspecified atom stereocenters. The van der Waals surface area contributed by atoms with Crippen molar-refractivity contribution >= 4 is 34.4 Å². The minimum absolute atomic E-state index is 0.524. The summed E-state index contributed by atoms with van der Waals surface area (Å²) in [5.74, 6) is 1.70. The van der Waals surface area contributed by atoms with Gasteiger partial charge in [0, 0.05) is 27.2 Å². The van der Waals surface area contributed by atoms with E-state index in [2.05, 4.69) is 42.8 Å². The summed E-state index contributed by atoms with van der Waals surface area (Å²) in [5, 5.41) is 3.12. The smallest absolute Gasteiger partial charge is 0.227 e. The van der Waals surface area contributed by atoms with Crippen LogP contribution in [0.15, 0.2) is 0 Å². The fourth-order valence-electron chi connectivity index (χ4n) is 1.94. The van der Waals surface area contributed by atoms with Gasteiger partial charge < -0.3 is 15.0 Å². The van der Waals surface area contributed by atoms with E-state index in [4.69, 9.17) is 4.74 Å². The van der Waals surface area contributed by atoms with Gasteiger partial charge in [-0.05, 0) is 35.4 Å². The summed E-state index contributed by atoms with van der Waals surface area (Å²) in [5.41, 5.74) is 0.953. The van der Waals surface area contributed by atoms with Crippen molar-refractivity contribution in [3.8, 4) is 0 Å². The largest absolute Gasteiger partial charge is 0.378 e. The van der Waals surface area contributed by atoms with E-state index in [1.807, 2.05) is 7.05 Å². The fraction of sp³-hybridized carbons (Fsp3) is 0.636. The molecule has 2 rings (SSSR count). The minimum Gasteiger partial charge on any atom is -0.378 e. The number of ether oxygens (including phenoxy) is 1. The van der Waals surface area contributed by atoms with Crippen molar-refractivity contribution in [1.29, 1.82) is 0 Å². The molecule has 6 heteroatoms. The monoisotopic (exact) mass is 348 g/mol. The van der Waals surface area contributed by atoms with Gasteiger partial charge in [0.05, 0.1) is 15.9 Å². The topological polar surface area (TPSA) is 50.3 Å². The molecule has 0 amide bonds. The maximum absolute atomic E-state index is 5.18. The molecule has 1 aliphatic heterocycles. The van der Waals surface area contributed by atoms with Crippen molar-refractivity contribution in [3.05, 3.63) is 9.26 Å². The summed E-state index contributed by atoms with van der Waals surface area (Å²) < 4.78 is 6.22. The molecule has 1 aromatic heterocycles. The number of rotatable bonds is 4. The lowest BCUT2D eigenvalue weighted by molar-refractivity contribution is 0.181. The number of nitrogens with one attached hydrogen (secondary N) is 1. The maximum Gasteiger partial charge on any atom is 0.227 e. The summed E-state index contributed by atoms with van der Waals surface area (Å²) in [6, 6.07) is 0.